The van der Waals surface area contributed by atoms with Crippen LogP contribution in [0, 0.1) is 5.92 Å². The molecule has 0 spiro atoms. The first-order chi connectivity index (χ1) is 12.3. The van der Waals surface area contributed by atoms with Gasteiger partial charge in [0.15, 0.2) is 0 Å². The molecule has 0 radical (unpaired) electrons. The largest absolute Gasteiger partial charge is 0.497 e. The fourth-order valence-electron chi connectivity index (χ4n) is 3.75. The van der Waals surface area contributed by atoms with E-state index in [2.05, 4.69) is 26.8 Å². The van der Waals surface area contributed by atoms with Crippen molar-refractivity contribution in [3.63, 3.8) is 0 Å². The van der Waals surface area contributed by atoms with Crippen molar-refractivity contribution in [1.29, 1.82) is 0 Å². The van der Waals surface area contributed by atoms with Crippen LogP contribution in [0.5, 0.6) is 5.75 Å². The van der Waals surface area contributed by atoms with Crippen LogP contribution in [0.1, 0.15) is 52.5 Å². The molecular formula is C22H34O4. The van der Waals surface area contributed by atoms with Gasteiger partial charge in [-0.15, -0.1) is 0 Å². The van der Waals surface area contributed by atoms with E-state index in [1.807, 2.05) is 31.2 Å². The number of ether oxygens (including phenoxy) is 3. The average molecular weight is 363 g/mol. The molecular weight excluding hydrogens is 328 g/mol. The molecule has 1 aliphatic heterocycles. The van der Waals surface area contributed by atoms with E-state index in [-0.39, 0.29) is 24.4 Å². The quantitative estimate of drug-likeness (QED) is 0.657. The second-order valence-electron chi connectivity index (χ2n) is 7.86. The third-order valence-corrected chi connectivity index (χ3v) is 5.16. The van der Waals surface area contributed by atoms with Crippen LogP contribution in [-0.2, 0) is 16.1 Å². The topological polar surface area (TPSA) is 47.9 Å². The van der Waals surface area contributed by atoms with Crippen LogP contribution >= 0.6 is 0 Å². The van der Waals surface area contributed by atoms with Crippen LogP contribution in [0.25, 0.3) is 0 Å². The van der Waals surface area contributed by atoms with E-state index in [0.717, 1.165) is 36.1 Å². The van der Waals surface area contributed by atoms with E-state index in [4.69, 9.17) is 14.2 Å². The van der Waals surface area contributed by atoms with Crippen molar-refractivity contribution in [3.8, 4) is 5.75 Å². The number of allylic oxidation sites excluding steroid dienone is 1. The number of hydrogen-bond donors (Lipinski definition) is 1. The van der Waals surface area contributed by atoms with Crippen LogP contribution in [-0.4, -0.2) is 36.6 Å². The molecule has 4 atom stereocenters. The number of benzene rings is 1. The van der Waals surface area contributed by atoms with Crippen molar-refractivity contribution in [3.05, 3.63) is 41.5 Å². The summed E-state index contributed by atoms with van der Waals surface area (Å²) in [6.45, 7) is 9.15. The van der Waals surface area contributed by atoms with Gasteiger partial charge in [-0.3, -0.25) is 0 Å². The Balaban J connectivity index is 1.82. The lowest BCUT2D eigenvalue weighted by Crippen LogP contribution is -2.32. The van der Waals surface area contributed by atoms with Gasteiger partial charge in [0, 0.05) is 0 Å². The van der Waals surface area contributed by atoms with Gasteiger partial charge in [0.25, 0.3) is 0 Å². The molecule has 0 amide bonds. The van der Waals surface area contributed by atoms with E-state index in [1.165, 1.54) is 0 Å². The lowest BCUT2D eigenvalue weighted by atomic mass is 9.89. The van der Waals surface area contributed by atoms with E-state index in [1.54, 1.807) is 7.11 Å². The number of hydrogen-bond acceptors (Lipinski definition) is 4. The molecule has 4 nitrogen and oxygen atoms in total. The van der Waals surface area contributed by atoms with Gasteiger partial charge in [0.05, 0.1) is 38.1 Å². The number of methoxy groups -OCH3 is 1. The summed E-state index contributed by atoms with van der Waals surface area (Å²) in [4.78, 5) is 0. The molecule has 1 saturated heterocycles. The molecule has 2 rings (SSSR count). The molecule has 0 bridgehead atoms. The molecule has 0 saturated carbocycles. The summed E-state index contributed by atoms with van der Waals surface area (Å²) in [7, 11) is 1.67. The highest BCUT2D eigenvalue weighted by Crippen LogP contribution is 2.37. The third-order valence-electron chi connectivity index (χ3n) is 5.16. The van der Waals surface area contributed by atoms with Gasteiger partial charge >= 0.3 is 0 Å². The third kappa shape index (κ3) is 6.11. The Morgan fingerprint density at radius 2 is 2.04 bits per heavy atom. The lowest BCUT2D eigenvalue weighted by Gasteiger charge is -2.29. The Labute approximate surface area is 158 Å². The van der Waals surface area contributed by atoms with Crippen LogP contribution < -0.4 is 4.74 Å². The normalized spacial score (nSPS) is 25.9. The SMILES string of the molecule is COc1ccc(CO[C@@H](C)[C@H]2CC[C@](C)(C[C@@H](C)/C=C(\C)CO)O2)cc1. The number of aliphatic hydroxyl groups excluding tert-OH is 1. The second kappa shape index (κ2) is 9.54. The predicted molar refractivity (Wildman–Crippen MR) is 104 cm³/mol. The van der Waals surface area contributed by atoms with E-state index in [9.17, 15) is 5.11 Å². The van der Waals surface area contributed by atoms with Crippen LogP contribution in [0.2, 0.25) is 0 Å². The van der Waals surface area contributed by atoms with Crippen molar-refractivity contribution >= 4 is 0 Å². The summed E-state index contributed by atoms with van der Waals surface area (Å²) in [5, 5.41) is 9.18. The molecule has 1 aliphatic rings. The molecule has 0 unspecified atom stereocenters. The first-order valence-corrected chi connectivity index (χ1v) is 9.55. The van der Waals surface area contributed by atoms with Crippen molar-refractivity contribution in [2.24, 2.45) is 5.92 Å². The second-order valence-corrected chi connectivity index (χ2v) is 7.86. The van der Waals surface area contributed by atoms with Crippen LogP contribution in [0.4, 0.5) is 0 Å². The number of rotatable bonds is 9. The summed E-state index contributed by atoms with van der Waals surface area (Å²) in [6.07, 6.45) is 5.37. The molecule has 26 heavy (non-hydrogen) atoms. The van der Waals surface area contributed by atoms with Crippen LogP contribution in [0.15, 0.2) is 35.9 Å². The maximum Gasteiger partial charge on any atom is 0.118 e. The first kappa shape index (κ1) is 20.9. The molecule has 1 aromatic carbocycles. The molecule has 0 aliphatic carbocycles. The molecule has 146 valence electrons. The molecule has 1 N–H and O–H groups in total. The van der Waals surface area contributed by atoms with E-state index in [0.29, 0.717) is 12.5 Å². The summed E-state index contributed by atoms with van der Waals surface area (Å²) >= 11 is 0. The molecule has 1 heterocycles. The first-order valence-electron chi connectivity index (χ1n) is 9.55. The Morgan fingerprint density at radius 3 is 2.65 bits per heavy atom. The van der Waals surface area contributed by atoms with Gasteiger partial charge in [-0.2, -0.15) is 0 Å². The van der Waals surface area contributed by atoms with Gasteiger partial charge in [0.1, 0.15) is 5.75 Å². The standard InChI is InChI=1S/C22H34O4/c1-16(12-17(2)14-23)13-22(4)11-10-21(26-22)18(3)25-15-19-6-8-20(24-5)9-7-19/h6-9,12,16,18,21,23H,10-11,13-15H2,1-5H3/b17-12+/t16-,18-,21+,22+/m0/s1. The van der Waals surface area contributed by atoms with Gasteiger partial charge in [-0.25, -0.2) is 0 Å². The highest BCUT2D eigenvalue weighted by atomic mass is 16.6. The molecule has 4 heteroatoms. The fraction of sp³-hybridized carbons (Fsp3) is 0.636. The van der Waals surface area contributed by atoms with Crippen LogP contribution in [0.3, 0.4) is 0 Å². The Bertz CT molecular complexity index is 580. The Hall–Kier alpha value is -1.36. The minimum Gasteiger partial charge on any atom is -0.497 e. The summed E-state index contributed by atoms with van der Waals surface area (Å²) < 4.78 is 17.6. The monoisotopic (exact) mass is 362 g/mol. The fourth-order valence-corrected chi connectivity index (χ4v) is 3.75. The Morgan fingerprint density at radius 1 is 1.35 bits per heavy atom. The van der Waals surface area contributed by atoms with E-state index >= 15 is 0 Å². The average Bonchev–Trinajstić information content (AvgIpc) is 3.01. The van der Waals surface area contributed by atoms with E-state index < -0.39 is 0 Å². The van der Waals surface area contributed by atoms with Gasteiger partial charge in [-0.05, 0) is 63.6 Å². The molecule has 1 fully saturated rings. The summed E-state index contributed by atoms with van der Waals surface area (Å²) in [6, 6.07) is 7.97. The van der Waals surface area contributed by atoms with Crippen molar-refractivity contribution in [2.75, 3.05) is 13.7 Å². The van der Waals surface area contributed by atoms with Crippen molar-refractivity contribution in [1.82, 2.24) is 0 Å². The Kier molecular flexibility index (Phi) is 7.69. The van der Waals surface area contributed by atoms with Crippen molar-refractivity contribution in [2.45, 2.75) is 71.4 Å². The van der Waals surface area contributed by atoms with Gasteiger partial charge < -0.3 is 19.3 Å². The highest BCUT2D eigenvalue weighted by Gasteiger charge is 2.39. The zero-order chi connectivity index (χ0) is 19.2. The highest BCUT2D eigenvalue weighted by molar-refractivity contribution is 5.26. The smallest absolute Gasteiger partial charge is 0.118 e. The number of aliphatic hydroxyl groups is 1. The minimum absolute atomic E-state index is 0.0592. The maximum absolute atomic E-state index is 9.18. The molecule has 0 aromatic heterocycles. The predicted octanol–water partition coefficient (Wildman–Crippen LogP) is 4.50. The summed E-state index contributed by atoms with van der Waals surface area (Å²) in [5.41, 5.74) is 2.04. The van der Waals surface area contributed by atoms with Gasteiger partial charge in [0.2, 0.25) is 0 Å². The maximum atomic E-state index is 9.18. The summed E-state index contributed by atoms with van der Waals surface area (Å²) in [5.74, 6) is 1.25. The molecule has 1 aromatic rings. The van der Waals surface area contributed by atoms with Gasteiger partial charge in [-0.1, -0.05) is 30.7 Å². The zero-order valence-corrected chi connectivity index (χ0v) is 16.8. The minimum atomic E-state index is -0.117. The lowest BCUT2D eigenvalue weighted by molar-refractivity contribution is -0.104. The zero-order valence-electron chi connectivity index (χ0n) is 16.8. The van der Waals surface area contributed by atoms with Crippen molar-refractivity contribution < 1.29 is 19.3 Å².